The first-order valence-corrected chi connectivity index (χ1v) is 21.9. The van der Waals surface area contributed by atoms with E-state index in [9.17, 15) is 0 Å². The summed E-state index contributed by atoms with van der Waals surface area (Å²) in [5, 5.41) is 7.01. The van der Waals surface area contributed by atoms with Gasteiger partial charge in [-0.1, -0.05) is 188 Å². The molecule has 0 amide bonds. The lowest BCUT2D eigenvalue weighted by Gasteiger charge is -2.27. The van der Waals surface area contributed by atoms with E-state index in [2.05, 4.69) is 254 Å². The summed E-state index contributed by atoms with van der Waals surface area (Å²) in [7, 11) is 0. The summed E-state index contributed by atoms with van der Waals surface area (Å²) in [5.41, 5.74) is 16.8. The van der Waals surface area contributed by atoms with Crippen LogP contribution in [0.1, 0.15) is 0 Å². The van der Waals surface area contributed by atoms with Crippen LogP contribution in [-0.2, 0) is 0 Å². The third kappa shape index (κ3) is 6.70. The molecule has 2 heteroatoms. The normalized spacial score (nSPS) is 11.4. The van der Waals surface area contributed by atoms with Crippen molar-refractivity contribution >= 4 is 60.5 Å². The number of hydrogen-bond acceptors (Lipinski definition) is 2. The van der Waals surface area contributed by atoms with E-state index in [4.69, 9.17) is 4.42 Å². The van der Waals surface area contributed by atoms with Crippen molar-refractivity contribution in [1.82, 2.24) is 0 Å². The van der Waals surface area contributed by atoms with Crippen molar-refractivity contribution in [3.05, 3.63) is 249 Å². The topological polar surface area (TPSA) is 16.4 Å². The van der Waals surface area contributed by atoms with Gasteiger partial charge in [0, 0.05) is 33.2 Å². The Kier molecular flexibility index (Phi) is 9.20. The number of fused-ring (bicyclic) bond motifs is 6. The highest BCUT2D eigenvalue weighted by atomic mass is 16.3. The largest absolute Gasteiger partial charge is 0.455 e. The molecule has 0 fully saturated rings. The van der Waals surface area contributed by atoms with Crippen LogP contribution in [-0.4, -0.2) is 0 Å². The number of furan rings is 1. The van der Waals surface area contributed by atoms with Gasteiger partial charge in [0.2, 0.25) is 0 Å². The second-order valence-corrected chi connectivity index (χ2v) is 16.5. The highest BCUT2D eigenvalue weighted by molar-refractivity contribution is 6.19. The molecule has 2 nitrogen and oxygen atoms in total. The molecular formula is C62H41NO. The van der Waals surface area contributed by atoms with Crippen molar-refractivity contribution in [2.24, 2.45) is 0 Å². The van der Waals surface area contributed by atoms with Crippen LogP contribution in [0.15, 0.2) is 253 Å². The molecule has 300 valence electrons. The van der Waals surface area contributed by atoms with Crippen LogP contribution in [0, 0.1) is 0 Å². The van der Waals surface area contributed by atoms with Gasteiger partial charge >= 0.3 is 0 Å². The molecule has 0 unspecified atom stereocenters. The van der Waals surface area contributed by atoms with Crippen LogP contribution in [0.5, 0.6) is 0 Å². The van der Waals surface area contributed by atoms with E-state index in [0.717, 1.165) is 66.6 Å². The number of nitrogens with zero attached hydrogens (tertiary/aromatic N) is 1. The third-order valence-electron chi connectivity index (χ3n) is 12.6. The monoisotopic (exact) mass is 815 g/mol. The van der Waals surface area contributed by atoms with Crippen molar-refractivity contribution in [2.75, 3.05) is 4.90 Å². The summed E-state index contributed by atoms with van der Waals surface area (Å²) in [6.45, 7) is 0. The lowest BCUT2D eigenvalue weighted by Crippen LogP contribution is -2.10. The number of rotatable bonds is 8. The standard InChI is InChI=1S/C62H41NO/c1-3-15-44(16-4-1)55-36-33-50(41-59(55)45-17-5-2-6-18-45)43-30-34-52(35-31-43)63(53-23-11-21-48(39-53)49-29-28-42-14-7-8-20-47(42)38-49)54-24-12-22-51(40-54)56-26-13-27-60-61(56)58-37-32-46-19-9-10-25-57(46)62(58)64-60/h1-41H. The number of benzene rings is 11. The first-order chi connectivity index (χ1) is 31.7. The Hall–Kier alpha value is -8.46. The molecule has 0 spiro atoms. The summed E-state index contributed by atoms with van der Waals surface area (Å²) >= 11 is 0. The van der Waals surface area contributed by atoms with Crippen LogP contribution < -0.4 is 4.90 Å². The molecule has 0 saturated heterocycles. The second-order valence-electron chi connectivity index (χ2n) is 16.5. The van der Waals surface area contributed by atoms with Crippen LogP contribution >= 0.6 is 0 Å². The van der Waals surface area contributed by atoms with Crippen molar-refractivity contribution in [1.29, 1.82) is 0 Å². The Bertz CT molecular complexity index is 3660. The molecule has 0 aliphatic heterocycles. The Balaban J connectivity index is 0.987. The van der Waals surface area contributed by atoms with Gasteiger partial charge in [0.1, 0.15) is 11.2 Å². The van der Waals surface area contributed by atoms with E-state index in [0.29, 0.717) is 0 Å². The molecule has 1 aromatic heterocycles. The van der Waals surface area contributed by atoms with Crippen LogP contribution in [0.3, 0.4) is 0 Å². The molecule has 0 N–H and O–H groups in total. The molecular weight excluding hydrogens is 775 g/mol. The highest BCUT2D eigenvalue weighted by Gasteiger charge is 2.19. The zero-order valence-corrected chi connectivity index (χ0v) is 35.0. The molecule has 12 aromatic rings. The second kappa shape index (κ2) is 15.8. The Morgan fingerprint density at radius 2 is 0.828 bits per heavy atom. The average Bonchev–Trinajstić information content (AvgIpc) is 3.77. The van der Waals surface area contributed by atoms with Crippen molar-refractivity contribution < 1.29 is 4.42 Å². The predicted molar refractivity (Wildman–Crippen MR) is 271 cm³/mol. The van der Waals surface area contributed by atoms with Gasteiger partial charge in [-0.25, -0.2) is 0 Å². The maximum Gasteiger partial charge on any atom is 0.143 e. The lowest BCUT2D eigenvalue weighted by atomic mass is 9.91. The summed E-state index contributed by atoms with van der Waals surface area (Å²) in [6, 6.07) is 89.7. The van der Waals surface area contributed by atoms with Crippen molar-refractivity contribution in [3.63, 3.8) is 0 Å². The molecule has 0 radical (unpaired) electrons. The minimum Gasteiger partial charge on any atom is -0.455 e. The fourth-order valence-corrected chi connectivity index (χ4v) is 9.50. The van der Waals surface area contributed by atoms with Gasteiger partial charge in [-0.2, -0.15) is 0 Å². The molecule has 0 atom stereocenters. The molecule has 0 bridgehead atoms. The van der Waals surface area contributed by atoms with E-state index in [1.807, 2.05) is 0 Å². The lowest BCUT2D eigenvalue weighted by molar-refractivity contribution is 0.673. The van der Waals surface area contributed by atoms with Crippen LogP contribution in [0.2, 0.25) is 0 Å². The minimum atomic E-state index is 0.886. The molecule has 1 heterocycles. The Morgan fingerprint density at radius 3 is 1.61 bits per heavy atom. The van der Waals surface area contributed by atoms with E-state index < -0.39 is 0 Å². The summed E-state index contributed by atoms with van der Waals surface area (Å²) in [6.07, 6.45) is 0. The van der Waals surface area contributed by atoms with Crippen LogP contribution in [0.25, 0.3) is 99.1 Å². The summed E-state index contributed by atoms with van der Waals surface area (Å²) < 4.78 is 6.62. The molecule has 0 aliphatic rings. The molecule has 12 rings (SSSR count). The van der Waals surface area contributed by atoms with E-state index in [1.165, 1.54) is 49.5 Å². The fourth-order valence-electron chi connectivity index (χ4n) is 9.50. The summed E-state index contributed by atoms with van der Waals surface area (Å²) in [5.74, 6) is 0. The molecule has 0 aliphatic carbocycles. The van der Waals surface area contributed by atoms with Gasteiger partial charge in [-0.3, -0.25) is 0 Å². The Morgan fingerprint density at radius 1 is 0.266 bits per heavy atom. The van der Waals surface area contributed by atoms with Gasteiger partial charge in [0.25, 0.3) is 0 Å². The maximum atomic E-state index is 6.62. The quantitative estimate of drug-likeness (QED) is 0.152. The predicted octanol–water partition coefficient (Wildman–Crippen LogP) is 17.7. The van der Waals surface area contributed by atoms with Crippen LogP contribution in [0.4, 0.5) is 17.1 Å². The maximum absolute atomic E-state index is 6.62. The number of hydrogen-bond donors (Lipinski definition) is 0. The zero-order chi connectivity index (χ0) is 42.4. The molecule has 11 aromatic carbocycles. The smallest absolute Gasteiger partial charge is 0.143 e. The number of anilines is 3. The fraction of sp³-hybridized carbons (Fsp3) is 0. The Labute approximate surface area is 372 Å². The average molecular weight is 816 g/mol. The zero-order valence-electron chi connectivity index (χ0n) is 35.0. The van der Waals surface area contributed by atoms with E-state index >= 15 is 0 Å². The van der Waals surface area contributed by atoms with E-state index in [1.54, 1.807) is 0 Å². The molecule has 0 saturated carbocycles. The SMILES string of the molecule is c1ccc(-c2ccc(-c3ccc(N(c4cccc(-c5ccc6ccccc6c5)c4)c4cccc(-c5cccc6oc7c8ccccc8ccc7c56)c4)cc3)cc2-c2ccccc2)cc1. The van der Waals surface area contributed by atoms with Crippen molar-refractivity contribution in [2.45, 2.75) is 0 Å². The third-order valence-corrected chi connectivity index (χ3v) is 12.6. The first-order valence-electron chi connectivity index (χ1n) is 21.9. The van der Waals surface area contributed by atoms with E-state index in [-0.39, 0.29) is 0 Å². The summed E-state index contributed by atoms with van der Waals surface area (Å²) in [4.78, 5) is 2.38. The molecule has 64 heavy (non-hydrogen) atoms. The highest BCUT2D eigenvalue weighted by Crippen LogP contribution is 2.44. The van der Waals surface area contributed by atoms with Gasteiger partial charge in [0.15, 0.2) is 0 Å². The van der Waals surface area contributed by atoms with Gasteiger partial charge in [-0.15, -0.1) is 0 Å². The first kappa shape index (κ1) is 37.3. The van der Waals surface area contributed by atoms with Gasteiger partial charge in [0.05, 0.1) is 0 Å². The van der Waals surface area contributed by atoms with Crippen molar-refractivity contribution in [3.8, 4) is 55.6 Å². The van der Waals surface area contributed by atoms with Gasteiger partial charge in [-0.05, 0) is 132 Å². The minimum absolute atomic E-state index is 0.886. The van der Waals surface area contributed by atoms with Gasteiger partial charge < -0.3 is 9.32 Å².